The van der Waals surface area contributed by atoms with Gasteiger partial charge >= 0.3 is 0 Å². The molecule has 1 N–H and O–H groups in total. The monoisotopic (exact) mass is 401 g/mol. The molecule has 5 heteroatoms. The summed E-state index contributed by atoms with van der Waals surface area (Å²) in [6.07, 6.45) is 5.98. The molecule has 1 aliphatic rings. The Morgan fingerprint density at radius 1 is 1.10 bits per heavy atom. The van der Waals surface area contributed by atoms with Crippen LogP contribution in [0.15, 0.2) is 24.3 Å². The van der Waals surface area contributed by atoms with Gasteiger partial charge in [-0.2, -0.15) is 0 Å². The lowest BCUT2D eigenvalue weighted by Crippen LogP contribution is -2.33. The van der Waals surface area contributed by atoms with Crippen LogP contribution in [0.1, 0.15) is 71.3 Å². The van der Waals surface area contributed by atoms with Gasteiger partial charge in [0.15, 0.2) is 0 Å². The van der Waals surface area contributed by atoms with Crippen LogP contribution in [0.25, 0.3) is 0 Å². The van der Waals surface area contributed by atoms with Crippen molar-refractivity contribution in [1.82, 2.24) is 9.80 Å². The lowest BCUT2D eigenvalue weighted by molar-refractivity contribution is -0.131. The van der Waals surface area contributed by atoms with E-state index >= 15 is 0 Å². The Morgan fingerprint density at radius 2 is 1.79 bits per heavy atom. The molecular weight excluding hydrogens is 362 g/mol. The second-order valence-corrected chi connectivity index (χ2v) is 8.46. The molecule has 2 rings (SSSR count). The average molecular weight is 402 g/mol. The fourth-order valence-corrected chi connectivity index (χ4v) is 4.06. The summed E-state index contributed by atoms with van der Waals surface area (Å²) in [5.74, 6) is 0.927. The van der Waals surface area contributed by atoms with Gasteiger partial charge in [0.1, 0.15) is 0 Å². The van der Waals surface area contributed by atoms with E-state index in [2.05, 4.69) is 43.1 Å². The first-order valence-corrected chi connectivity index (χ1v) is 11.4. The van der Waals surface area contributed by atoms with E-state index in [1.54, 1.807) is 0 Å². The normalized spacial score (nSPS) is 17.1. The fraction of sp³-hybridized carbons (Fsp3) is 0.667. The molecule has 0 bridgehead atoms. The number of amides is 2. The molecule has 5 nitrogen and oxygen atoms in total. The summed E-state index contributed by atoms with van der Waals surface area (Å²) < 4.78 is 0. The van der Waals surface area contributed by atoms with Crippen LogP contribution in [0.4, 0.5) is 5.69 Å². The van der Waals surface area contributed by atoms with Crippen molar-refractivity contribution >= 4 is 17.5 Å². The van der Waals surface area contributed by atoms with E-state index in [1.807, 2.05) is 17.0 Å². The summed E-state index contributed by atoms with van der Waals surface area (Å²) in [6, 6.07) is 8.17. The molecule has 0 radical (unpaired) electrons. The van der Waals surface area contributed by atoms with Crippen LogP contribution in [0.3, 0.4) is 0 Å². The number of piperidine rings is 1. The van der Waals surface area contributed by atoms with Crippen LogP contribution in [0, 0.1) is 5.92 Å². The van der Waals surface area contributed by atoms with Crippen LogP contribution in [0.2, 0.25) is 0 Å². The molecule has 0 spiro atoms. The summed E-state index contributed by atoms with van der Waals surface area (Å²) in [5, 5.41) is 2.96. The fourth-order valence-electron chi connectivity index (χ4n) is 4.06. The quantitative estimate of drug-likeness (QED) is 0.586. The standard InChI is InChI=1S/C24H39N3O2/c1-4-15-27(16-5-2)24(29)10-6-9-23(28)25-22-13-11-21(12-14-22)19-26-17-7-8-20(3)18-26/h11-14,20H,4-10,15-19H2,1-3H3,(H,25,28). The van der Waals surface area contributed by atoms with Gasteiger partial charge in [-0.25, -0.2) is 0 Å². The van der Waals surface area contributed by atoms with E-state index in [9.17, 15) is 9.59 Å². The first-order chi connectivity index (χ1) is 14.0. The molecule has 2 amide bonds. The molecule has 1 fully saturated rings. The van der Waals surface area contributed by atoms with Gasteiger partial charge in [0.25, 0.3) is 0 Å². The highest BCUT2D eigenvalue weighted by atomic mass is 16.2. The van der Waals surface area contributed by atoms with Gasteiger partial charge in [0.2, 0.25) is 11.8 Å². The molecule has 1 heterocycles. The van der Waals surface area contributed by atoms with Crippen LogP contribution in [-0.2, 0) is 16.1 Å². The van der Waals surface area contributed by atoms with Crippen molar-refractivity contribution in [3.63, 3.8) is 0 Å². The van der Waals surface area contributed by atoms with Crippen molar-refractivity contribution in [3.8, 4) is 0 Å². The second-order valence-electron chi connectivity index (χ2n) is 8.46. The van der Waals surface area contributed by atoms with Crippen LogP contribution < -0.4 is 5.32 Å². The predicted octanol–water partition coefficient (Wildman–Crippen LogP) is 4.68. The third-order valence-corrected chi connectivity index (χ3v) is 5.52. The lowest BCUT2D eigenvalue weighted by Gasteiger charge is -2.30. The number of anilines is 1. The van der Waals surface area contributed by atoms with Crippen molar-refractivity contribution in [2.24, 2.45) is 5.92 Å². The van der Waals surface area contributed by atoms with Crippen molar-refractivity contribution in [3.05, 3.63) is 29.8 Å². The summed E-state index contributed by atoms with van der Waals surface area (Å²) in [7, 11) is 0. The minimum absolute atomic E-state index is 0.0204. The van der Waals surface area contributed by atoms with E-state index in [4.69, 9.17) is 0 Å². The number of rotatable bonds is 11. The maximum absolute atomic E-state index is 12.3. The zero-order valence-electron chi connectivity index (χ0n) is 18.6. The van der Waals surface area contributed by atoms with Crippen molar-refractivity contribution in [2.75, 3.05) is 31.5 Å². The molecule has 0 saturated carbocycles. The van der Waals surface area contributed by atoms with Crippen LogP contribution in [-0.4, -0.2) is 47.8 Å². The third kappa shape index (κ3) is 8.57. The Kier molecular flexibility index (Phi) is 10.2. The maximum atomic E-state index is 12.3. The van der Waals surface area contributed by atoms with Gasteiger partial charge in [-0.15, -0.1) is 0 Å². The maximum Gasteiger partial charge on any atom is 0.224 e. The van der Waals surface area contributed by atoms with Crippen molar-refractivity contribution < 1.29 is 9.59 Å². The molecular formula is C24H39N3O2. The first kappa shape index (κ1) is 23.4. The molecule has 1 aromatic carbocycles. The lowest BCUT2D eigenvalue weighted by atomic mass is 10.00. The Hall–Kier alpha value is -1.88. The number of hydrogen-bond donors (Lipinski definition) is 1. The SMILES string of the molecule is CCCN(CCC)C(=O)CCCC(=O)Nc1ccc(CN2CCCC(C)C2)cc1. The molecule has 1 aliphatic heterocycles. The summed E-state index contributed by atoms with van der Waals surface area (Å²) in [5.41, 5.74) is 2.12. The number of carbonyl (C=O) groups is 2. The number of benzene rings is 1. The Bertz CT molecular complexity index is 624. The molecule has 162 valence electrons. The topological polar surface area (TPSA) is 52.7 Å². The van der Waals surface area contributed by atoms with Crippen LogP contribution in [0.5, 0.6) is 0 Å². The highest BCUT2D eigenvalue weighted by Crippen LogP contribution is 2.19. The van der Waals surface area contributed by atoms with Gasteiger partial charge in [-0.3, -0.25) is 14.5 Å². The molecule has 0 aliphatic carbocycles. The molecule has 1 unspecified atom stereocenters. The van der Waals surface area contributed by atoms with Gasteiger partial charge in [-0.1, -0.05) is 32.9 Å². The highest BCUT2D eigenvalue weighted by Gasteiger charge is 2.16. The van der Waals surface area contributed by atoms with E-state index in [0.29, 0.717) is 19.3 Å². The Labute approximate surface area is 176 Å². The minimum Gasteiger partial charge on any atom is -0.343 e. The molecule has 0 aromatic heterocycles. The highest BCUT2D eigenvalue weighted by molar-refractivity contribution is 5.91. The second kappa shape index (κ2) is 12.6. The zero-order valence-corrected chi connectivity index (χ0v) is 18.6. The largest absolute Gasteiger partial charge is 0.343 e. The molecule has 1 atom stereocenters. The Morgan fingerprint density at radius 3 is 2.41 bits per heavy atom. The molecule has 1 aromatic rings. The van der Waals surface area contributed by atoms with Gasteiger partial charge < -0.3 is 10.2 Å². The van der Waals surface area contributed by atoms with Gasteiger partial charge in [0.05, 0.1) is 0 Å². The predicted molar refractivity (Wildman–Crippen MR) is 120 cm³/mol. The summed E-state index contributed by atoms with van der Waals surface area (Å²) in [4.78, 5) is 28.9. The van der Waals surface area contributed by atoms with Gasteiger partial charge in [-0.05, 0) is 62.3 Å². The summed E-state index contributed by atoms with van der Waals surface area (Å²) in [6.45, 7) is 11.4. The van der Waals surface area contributed by atoms with Crippen molar-refractivity contribution in [1.29, 1.82) is 0 Å². The van der Waals surface area contributed by atoms with Crippen LogP contribution >= 0.6 is 0 Å². The number of carbonyl (C=O) groups excluding carboxylic acids is 2. The Balaban J connectivity index is 1.71. The third-order valence-electron chi connectivity index (χ3n) is 5.52. The first-order valence-electron chi connectivity index (χ1n) is 11.4. The number of hydrogen-bond acceptors (Lipinski definition) is 3. The number of nitrogens with one attached hydrogen (secondary N) is 1. The average Bonchev–Trinajstić information content (AvgIpc) is 2.69. The van der Waals surface area contributed by atoms with E-state index in [0.717, 1.165) is 44.1 Å². The summed E-state index contributed by atoms with van der Waals surface area (Å²) >= 11 is 0. The van der Waals surface area contributed by atoms with E-state index < -0.39 is 0 Å². The van der Waals surface area contributed by atoms with Gasteiger partial charge in [0, 0.05) is 44.7 Å². The van der Waals surface area contributed by atoms with E-state index in [-0.39, 0.29) is 11.8 Å². The smallest absolute Gasteiger partial charge is 0.224 e. The minimum atomic E-state index is -0.0204. The molecule has 1 saturated heterocycles. The number of likely N-dealkylation sites (tertiary alicyclic amines) is 1. The van der Waals surface area contributed by atoms with Crippen molar-refractivity contribution in [2.45, 2.75) is 72.3 Å². The zero-order chi connectivity index (χ0) is 21.1. The van der Waals surface area contributed by atoms with E-state index in [1.165, 1.54) is 31.5 Å². The molecule has 29 heavy (non-hydrogen) atoms. The number of nitrogens with zero attached hydrogens (tertiary/aromatic N) is 2.